The van der Waals surface area contributed by atoms with E-state index in [0.29, 0.717) is 11.1 Å². The summed E-state index contributed by atoms with van der Waals surface area (Å²) in [6.07, 6.45) is -3.71. The van der Waals surface area contributed by atoms with Crippen molar-refractivity contribution in [3.8, 4) is 5.75 Å². The molecule has 0 aliphatic heterocycles. The monoisotopic (exact) mass is 401 g/mol. The summed E-state index contributed by atoms with van der Waals surface area (Å²) in [5.41, 5.74) is 6.97. The Morgan fingerprint density at radius 1 is 1.11 bits per heavy atom. The van der Waals surface area contributed by atoms with Crippen LogP contribution < -0.4 is 15.8 Å². The summed E-state index contributed by atoms with van der Waals surface area (Å²) in [6, 6.07) is 12.2. The van der Waals surface area contributed by atoms with Gasteiger partial charge in [0.1, 0.15) is 0 Å². The first kappa shape index (κ1) is 20.6. The SMILES string of the molecule is CS(=O)(=O)Cc1ccccc1CN=C(N)Nc1ccccc1OC(F)(F)F. The summed E-state index contributed by atoms with van der Waals surface area (Å²) in [5, 5.41) is 2.56. The second-order valence-electron chi connectivity index (χ2n) is 5.71. The predicted molar refractivity (Wildman–Crippen MR) is 97.1 cm³/mol. The molecule has 0 heterocycles. The Labute approximate surface area is 154 Å². The van der Waals surface area contributed by atoms with Crippen LogP contribution in [0, 0.1) is 0 Å². The van der Waals surface area contributed by atoms with E-state index < -0.39 is 21.9 Å². The van der Waals surface area contributed by atoms with Crippen molar-refractivity contribution < 1.29 is 26.3 Å². The summed E-state index contributed by atoms with van der Waals surface area (Å²) >= 11 is 0. The quantitative estimate of drug-likeness (QED) is 0.573. The second-order valence-corrected chi connectivity index (χ2v) is 7.85. The molecular formula is C17H18F3N3O3S. The maximum atomic E-state index is 12.4. The molecule has 0 saturated heterocycles. The molecule has 0 saturated carbocycles. The number of nitrogens with zero attached hydrogens (tertiary/aromatic N) is 1. The Kier molecular flexibility index (Phi) is 6.32. The lowest BCUT2D eigenvalue weighted by molar-refractivity contribution is -0.274. The van der Waals surface area contributed by atoms with Gasteiger partial charge in [-0.1, -0.05) is 36.4 Å². The molecule has 2 rings (SSSR count). The highest BCUT2D eigenvalue weighted by molar-refractivity contribution is 7.89. The van der Waals surface area contributed by atoms with E-state index in [4.69, 9.17) is 5.73 Å². The number of benzene rings is 2. The fourth-order valence-corrected chi connectivity index (χ4v) is 3.11. The first-order valence-electron chi connectivity index (χ1n) is 7.70. The number of hydrogen-bond acceptors (Lipinski definition) is 4. The highest BCUT2D eigenvalue weighted by Gasteiger charge is 2.32. The van der Waals surface area contributed by atoms with Gasteiger partial charge in [0.2, 0.25) is 0 Å². The molecule has 0 atom stereocenters. The number of anilines is 1. The number of alkyl halides is 3. The van der Waals surface area contributed by atoms with E-state index in [1.807, 2.05) is 0 Å². The first-order chi connectivity index (χ1) is 12.5. The van der Waals surface area contributed by atoms with Crippen LogP contribution in [0.15, 0.2) is 53.5 Å². The predicted octanol–water partition coefficient (Wildman–Crippen LogP) is 3.06. The molecule has 146 valence electrons. The lowest BCUT2D eigenvalue weighted by atomic mass is 10.1. The number of para-hydroxylation sites is 2. The Bertz CT molecular complexity index is 928. The minimum Gasteiger partial charge on any atom is -0.404 e. The lowest BCUT2D eigenvalue weighted by Gasteiger charge is -2.14. The molecule has 3 N–H and O–H groups in total. The van der Waals surface area contributed by atoms with Gasteiger partial charge in [-0.25, -0.2) is 13.4 Å². The summed E-state index contributed by atoms with van der Waals surface area (Å²) in [7, 11) is -3.23. The van der Waals surface area contributed by atoms with Crippen LogP contribution in [0.1, 0.15) is 11.1 Å². The number of rotatable bonds is 6. The molecule has 0 aromatic heterocycles. The van der Waals surface area contributed by atoms with E-state index in [9.17, 15) is 21.6 Å². The number of sulfone groups is 1. The standard InChI is InChI=1S/C17H18F3N3O3S/c1-27(24,25)11-13-7-3-2-6-12(13)10-22-16(21)23-14-8-4-5-9-15(14)26-17(18,19)20/h2-9H,10-11H2,1H3,(H3,21,22,23). The molecule has 0 radical (unpaired) electrons. The summed E-state index contributed by atoms with van der Waals surface area (Å²) < 4.78 is 64.3. The number of guanidine groups is 1. The molecule has 10 heteroatoms. The number of halogens is 3. The van der Waals surface area contributed by atoms with Crippen molar-refractivity contribution in [1.29, 1.82) is 0 Å². The van der Waals surface area contributed by atoms with Gasteiger partial charge in [0, 0.05) is 6.26 Å². The fourth-order valence-electron chi connectivity index (χ4n) is 2.27. The molecule has 0 amide bonds. The zero-order valence-corrected chi connectivity index (χ0v) is 15.1. The Morgan fingerprint density at radius 3 is 2.33 bits per heavy atom. The maximum Gasteiger partial charge on any atom is 0.573 e. The Morgan fingerprint density at radius 2 is 1.70 bits per heavy atom. The smallest absolute Gasteiger partial charge is 0.404 e. The largest absolute Gasteiger partial charge is 0.573 e. The van der Waals surface area contributed by atoms with Crippen molar-refractivity contribution in [3.05, 3.63) is 59.7 Å². The second kappa shape index (κ2) is 8.30. The number of nitrogens with two attached hydrogens (primary N) is 1. The summed E-state index contributed by atoms with van der Waals surface area (Å²) in [5.74, 6) is -0.725. The molecule has 0 aliphatic carbocycles. The third-order valence-corrected chi connectivity index (χ3v) is 4.17. The van der Waals surface area contributed by atoms with Crippen molar-refractivity contribution in [2.45, 2.75) is 18.7 Å². The van der Waals surface area contributed by atoms with Gasteiger partial charge in [-0.15, -0.1) is 13.2 Å². The topological polar surface area (TPSA) is 93.8 Å². The van der Waals surface area contributed by atoms with Crippen LogP contribution in [0.3, 0.4) is 0 Å². The molecule has 0 fully saturated rings. The van der Waals surface area contributed by atoms with Gasteiger partial charge in [-0.05, 0) is 23.3 Å². The van der Waals surface area contributed by atoms with Gasteiger partial charge in [0.25, 0.3) is 0 Å². The zero-order chi connectivity index (χ0) is 20.1. The van der Waals surface area contributed by atoms with Gasteiger partial charge in [0.05, 0.1) is 18.0 Å². The number of aliphatic imine (C=N–C) groups is 1. The molecule has 0 aliphatic rings. The van der Waals surface area contributed by atoms with E-state index in [1.165, 1.54) is 18.2 Å². The highest BCUT2D eigenvalue weighted by Crippen LogP contribution is 2.29. The van der Waals surface area contributed by atoms with E-state index in [-0.39, 0.29) is 23.9 Å². The molecule has 0 unspecified atom stereocenters. The van der Waals surface area contributed by atoms with Crippen molar-refractivity contribution >= 4 is 21.5 Å². The van der Waals surface area contributed by atoms with Crippen LogP contribution >= 0.6 is 0 Å². The molecule has 2 aromatic carbocycles. The van der Waals surface area contributed by atoms with Crippen LogP contribution in [0.4, 0.5) is 18.9 Å². The van der Waals surface area contributed by atoms with Gasteiger partial charge in [-0.2, -0.15) is 0 Å². The third kappa shape index (κ3) is 7.18. The Balaban J connectivity index is 2.15. The molecule has 0 spiro atoms. The fraction of sp³-hybridized carbons (Fsp3) is 0.235. The molecule has 2 aromatic rings. The molecular weight excluding hydrogens is 383 g/mol. The zero-order valence-electron chi connectivity index (χ0n) is 14.3. The average Bonchev–Trinajstić information content (AvgIpc) is 2.53. The molecule has 6 nitrogen and oxygen atoms in total. The van der Waals surface area contributed by atoms with Gasteiger partial charge in [0.15, 0.2) is 21.5 Å². The Hall–Kier alpha value is -2.75. The normalized spacial score (nSPS) is 12.7. The van der Waals surface area contributed by atoms with Crippen molar-refractivity contribution in [1.82, 2.24) is 0 Å². The minimum atomic E-state index is -4.84. The number of nitrogens with one attached hydrogen (secondary N) is 1. The van der Waals surface area contributed by atoms with Crippen LogP contribution in [0.5, 0.6) is 5.75 Å². The van der Waals surface area contributed by atoms with Crippen LogP contribution in [0.25, 0.3) is 0 Å². The van der Waals surface area contributed by atoms with E-state index in [2.05, 4.69) is 15.0 Å². The van der Waals surface area contributed by atoms with Crippen LogP contribution in [0.2, 0.25) is 0 Å². The van der Waals surface area contributed by atoms with Crippen molar-refractivity contribution in [3.63, 3.8) is 0 Å². The summed E-state index contributed by atoms with van der Waals surface area (Å²) in [6.45, 7) is 0.0623. The van der Waals surface area contributed by atoms with Crippen LogP contribution in [-0.4, -0.2) is 27.0 Å². The molecule has 27 heavy (non-hydrogen) atoms. The first-order valence-corrected chi connectivity index (χ1v) is 9.76. The van der Waals surface area contributed by atoms with Gasteiger partial charge < -0.3 is 15.8 Å². The van der Waals surface area contributed by atoms with E-state index in [1.54, 1.807) is 24.3 Å². The van der Waals surface area contributed by atoms with Crippen LogP contribution in [-0.2, 0) is 22.1 Å². The minimum absolute atomic E-state index is 0.000459. The van der Waals surface area contributed by atoms with Crippen molar-refractivity contribution in [2.75, 3.05) is 11.6 Å². The summed E-state index contributed by atoms with van der Waals surface area (Å²) in [4.78, 5) is 4.07. The van der Waals surface area contributed by atoms with E-state index >= 15 is 0 Å². The maximum absolute atomic E-state index is 12.4. The van der Waals surface area contributed by atoms with Gasteiger partial charge in [-0.3, -0.25) is 0 Å². The van der Waals surface area contributed by atoms with Crippen molar-refractivity contribution in [2.24, 2.45) is 10.7 Å². The molecule has 0 bridgehead atoms. The van der Waals surface area contributed by atoms with E-state index in [0.717, 1.165) is 12.3 Å². The number of ether oxygens (including phenoxy) is 1. The third-order valence-electron chi connectivity index (χ3n) is 3.33. The van der Waals surface area contributed by atoms with Gasteiger partial charge >= 0.3 is 6.36 Å². The lowest BCUT2D eigenvalue weighted by Crippen LogP contribution is -2.24. The highest BCUT2D eigenvalue weighted by atomic mass is 32.2. The average molecular weight is 401 g/mol. The number of hydrogen-bond donors (Lipinski definition) is 2.